The van der Waals surface area contributed by atoms with Crippen LogP contribution in [0.15, 0.2) is 24.3 Å². The molecule has 2 heterocycles. The number of nitrogens with zero attached hydrogens (tertiary/aromatic N) is 3. The molecule has 1 aliphatic heterocycles. The van der Waals surface area contributed by atoms with Gasteiger partial charge in [-0.2, -0.15) is 5.10 Å². The number of hydrogen-bond donors (Lipinski definition) is 0. The second-order valence-electron chi connectivity index (χ2n) is 7.10. The maximum Gasteiger partial charge on any atom is 0.253 e. The topological polar surface area (TPSA) is 38.1 Å². The molecule has 0 aliphatic carbocycles. The predicted molar refractivity (Wildman–Crippen MR) is 96.9 cm³/mol. The third kappa shape index (κ3) is 3.20. The summed E-state index contributed by atoms with van der Waals surface area (Å²) in [5, 5.41) is 5.14. The van der Waals surface area contributed by atoms with Gasteiger partial charge in [0.1, 0.15) is 0 Å². The standard InChI is InChI=1S/C19H24ClN3O/c1-12-9-13(2)11-22(10-12)19(24)16-5-7-17(8-6-16)23-15(4)18(20)14(3)21-23/h5-8,12-13H,9-11H2,1-4H3. The number of carbonyl (C=O) groups excluding carboxylic acids is 1. The fourth-order valence-electron chi connectivity index (χ4n) is 3.63. The van der Waals surface area contributed by atoms with Crippen LogP contribution in [0.3, 0.4) is 0 Å². The van der Waals surface area contributed by atoms with Crippen LogP contribution in [0.4, 0.5) is 0 Å². The lowest BCUT2D eigenvalue weighted by atomic mass is 9.91. The molecule has 3 rings (SSSR count). The van der Waals surface area contributed by atoms with Crippen LogP contribution in [0, 0.1) is 25.7 Å². The lowest BCUT2D eigenvalue weighted by Gasteiger charge is -2.35. The molecule has 2 aromatic rings. The molecule has 0 spiro atoms. The molecule has 24 heavy (non-hydrogen) atoms. The normalized spacial score (nSPS) is 21.1. The summed E-state index contributed by atoms with van der Waals surface area (Å²) in [5.74, 6) is 1.24. The van der Waals surface area contributed by atoms with Crippen LogP contribution >= 0.6 is 11.6 Å². The number of piperidine rings is 1. The van der Waals surface area contributed by atoms with Gasteiger partial charge in [0.2, 0.25) is 0 Å². The van der Waals surface area contributed by atoms with Gasteiger partial charge in [-0.25, -0.2) is 4.68 Å². The molecule has 1 aromatic heterocycles. The molecule has 0 bridgehead atoms. The third-order valence-electron chi connectivity index (χ3n) is 4.72. The van der Waals surface area contributed by atoms with Gasteiger partial charge in [0, 0.05) is 18.7 Å². The first-order chi connectivity index (χ1) is 11.4. The molecule has 4 nitrogen and oxygen atoms in total. The van der Waals surface area contributed by atoms with E-state index in [2.05, 4.69) is 18.9 Å². The van der Waals surface area contributed by atoms with Gasteiger partial charge in [0.15, 0.2) is 0 Å². The van der Waals surface area contributed by atoms with Gasteiger partial charge in [0.05, 0.1) is 22.1 Å². The van der Waals surface area contributed by atoms with E-state index in [0.717, 1.165) is 35.7 Å². The van der Waals surface area contributed by atoms with Crippen molar-refractivity contribution in [3.05, 3.63) is 46.2 Å². The average Bonchev–Trinajstić information content (AvgIpc) is 2.81. The van der Waals surface area contributed by atoms with Gasteiger partial charge in [0.25, 0.3) is 5.91 Å². The van der Waals surface area contributed by atoms with Gasteiger partial charge >= 0.3 is 0 Å². The number of amides is 1. The van der Waals surface area contributed by atoms with Crippen LogP contribution < -0.4 is 0 Å². The second-order valence-corrected chi connectivity index (χ2v) is 7.48. The van der Waals surface area contributed by atoms with E-state index >= 15 is 0 Å². The Kier molecular flexibility index (Phi) is 4.68. The molecule has 1 aliphatic rings. The zero-order valence-electron chi connectivity index (χ0n) is 14.7. The lowest BCUT2D eigenvalue weighted by Crippen LogP contribution is -2.42. The summed E-state index contributed by atoms with van der Waals surface area (Å²) in [7, 11) is 0. The number of aromatic nitrogens is 2. The maximum atomic E-state index is 12.7. The van der Waals surface area contributed by atoms with E-state index in [1.54, 1.807) is 0 Å². The average molecular weight is 346 g/mol. The van der Waals surface area contributed by atoms with Crippen LogP contribution in [0.1, 0.15) is 42.0 Å². The zero-order valence-corrected chi connectivity index (χ0v) is 15.5. The van der Waals surface area contributed by atoms with Crippen LogP contribution in [-0.2, 0) is 0 Å². The predicted octanol–water partition coefficient (Wildman–Crippen LogP) is 4.26. The summed E-state index contributed by atoms with van der Waals surface area (Å²) >= 11 is 6.21. The van der Waals surface area contributed by atoms with Gasteiger partial charge < -0.3 is 4.90 Å². The number of carbonyl (C=O) groups is 1. The van der Waals surface area contributed by atoms with Crippen molar-refractivity contribution in [2.45, 2.75) is 34.1 Å². The first-order valence-electron chi connectivity index (χ1n) is 8.48. The molecule has 5 heteroatoms. The van der Waals surface area contributed by atoms with Crippen molar-refractivity contribution in [2.75, 3.05) is 13.1 Å². The summed E-state index contributed by atoms with van der Waals surface area (Å²) in [6.45, 7) is 9.95. The maximum absolute atomic E-state index is 12.7. The van der Waals surface area contributed by atoms with Crippen molar-refractivity contribution in [3.63, 3.8) is 0 Å². The third-order valence-corrected chi connectivity index (χ3v) is 5.26. The van der Waals surface area contributed by atoms with Crippen LogP contribution in [-0.4, -0.2) is 33.7 Å². The summed E-state index contributed by atoms with van der Waals surface area (Å²) < 4.78 is 1.82. The summed E-state index contributed by atoms with van der Waals surface area (Å²) in [4.78, 5) is 14.7. The zero-order chi connectivity index (χ0) is 17.4. The van der Waals surface area contributed by atoms with E-state index in [4.69, 9.17) is 11.6 Å². The van der Waals surface area contributed by atoms with Crippen molar-refractivity contribution >= 4 is 17.5 Å². The summed E-state index contributed by atoms with van der Waals surface area (Å²) in [5.41, 5.74) is 3.37. The Morgan fingerprint density at radius 3 is 2.21 bits per heavy atom. The number of aryl methyl sites for hydroxylation is 1. The smallest absolute Gasteiger partial charge is 0.253 e. The Bertz CT molecular complexity index is 741. The van der Waals surface area contributed by atoms with E-state index in [0.29, 0.717) is 16.9 Å². The Balaban J connectivity index is 1.81. The molecule has 1 saturated heterocycles. The van der Waals surface area contributed by atoms with E-state index < -0.39 is 0 Å². The van der Waals surface area contributed by atoms with Gasteiger partial charge in [-0.3, -0.25) is 4.79 Å². The van der Waals surface area contributed by atoms with Gasteiger partial charge in [-0.1, -0.05) is 25.4 Å². The van der Waals surface area contributed by atoms with Crippen molar-refractivity contribution < 1.29 is 4.79 Å². The summed E-state index contributed by atoms with van der Waals surface area (Å²) in [6.07, 6.45) is 1.20. The second kappa shape index (κ2) is 6.60. The monoisotopic (exact) mass is 345 g/mol. The number of likely N-dealkylation sites (tertiary alicyclic amines) is 1. The summed E-state index contributed by atoms with van der Waals surface area (Å²) in [6, 6.07) is 7.62. The van der Waals surface area contributed by atoms with Crippen molar-refractivity contribution in [2.24, 2.45) is 11.8 Å². The molecule has 2 atom stereocenters. The van der Waals surface area contributed by atoms with Gasteiger partial charge in [-0.05, 0) is 56.4 Å². The van der Waals surface area contributed by atoms with Crippen molar-refractivity contribution in [3.8, 4) is 5.69 Å². The highest BCUT2D eigenvalue weighted by atomic mass is 35.5. The molecular formula is C19H24ClN3O. The minimum atomic E-state index is 0.117. The van der Waals surface area contributed by atoms with Gasteiger partial charge in [-0.15, -0.1) is 0 Å². The minimum absolute atomic E-state index is 0.117. The Morgan fingerprint density at radius 2 is 1.71 bits per heavy atom. The largest absolute Gasteiger partial charge is 0.338 e. The first-order valence-corrected chi connectivity index (χ1v) is 8.86. The molecule has 128 valence electrons. The minimum Gasteiger partial charge on any atom is -0.338 e. The number of benzene rings is 1. The van der Waals surface area contributed by atoms with Crippen LogP contribution in [0.5, 0.6) is 0 Å². The van der Waals surface area contributed by atoms with Crippen molar-refractivity contribution in [1.82, 2.24) is 14.7 Å². The molecule has 1 aromatic carbocycles. The molecule has 2 unspecified atom stereocenters. The van der Waals surface area contributed by atoms with E-state index in [1.165, 1.54) is 6.42 Å². The molecule has 0 radical (unpaired) electrons. The van der Waals surface area contributed by atoms with Crippen LogP contribution in [0.2, 0.25) is 5.02 Å². The number of hydrogen-bond acceptors (Lipinski definition) is 2. The fourth-order valence-corrected chi connectivity index (χ4v) is 3.75. The lowest BCUT2D eigenvalue weighted by molar-refractivity contribution is 0.0623. The van der Waals surface area contributed by atoms with Crippen molar-refractivity contribution in [1.29, 1.82) is 0 Å². The number of halogens is 1. The first kappa shape index (κ1) is 17.0. The fraction of sp³-hybridized carbons (Fsp3) is 0.474. The Morgan fingerprint density at radius 1 is 1.12 bits per heavy atom. The molecule has 0 N–H and O–H groups in total. The Hall–Kier alpha value is -1.81. The quantitative estimate of drug-likeness (QED) is 0.815. The molecule has 0 saturated carbocycles. The molecule has 1 amide bonds. The van der Waals surface area contributed by atoms with E-state index in [9.17, 15) is 4.79 Å². The van der Waals surface area contributed by atoms with Crippen LogP contribution in [0.25, 0.3) is 5.69 Å². The van der Waals surface area contributed by atoms with E-state index in [-0.39, 0.29) is 5.91 Å². The highest BCUT2D eigenvalue weighted by Gasteiger charge is 2.26. The van der Waals surface area contributed by atoms with E-state index in [1.807, 2.05) is 47.7 Å². The number of rotatable bonds is 2. The highest BCUT2D eigenvalue weighted by molar-refractivity contribution is 6.31. The molecule has 1 fully saturated rings. The SMILES string of the molecule is Cc1nn(-c2ccc(C(=O)N3CC(C)CC(C)C3)cc2)c(C)c1Cl. The Labute approximate surface area is 148 Å². The highest BCUT2D eigenvalue weighted by Crippen LogP contribution is 2.24. The molecular weight excluding hydrogens is 322 g/mol.